The Morgan fingerprint density at radius 2 is 0.947 bits per heavy atom. The Bertz CT molecular complexity index is 3540. The molecule has 0 unspecified atom stereocenters. The first kappa shape index (κ1) is 31.8. The fraction of sp³-hybridized carbons (Fsp3) is 0. The molecule has 0 saturated heterocycles. The molecule has 12 rings (SSSR count). The van der Waals surface area contributed by atoms with Crippen molar-refractivity contribution in [1.29, 1.82) is 0 Å². The highest BCUT2D eigenvalue weighted by atomic mass is 32.1. The minimum Gasteiger partial charge on any atom is -0.456 e. The first-order valence-corrected chi connectivity index (χ1v) is 19.5. The van der Waals surface area contributed by atoms with Crippen LogP contribution in [0.3, 0.4) is 0 Å². The predicted molar refractivity (Wildman–Crippen MR) is 230 cm³/mol. The van der Waals surface area contributed by atoms with Crippen LogP contribution in [0.2, 0.25) is 0 Å². The fourth-order valence-electron chi connectivity index (χ4n) is 7.87. The summed E-state index contributed by atoms with van der Waals surface area (Å²) < 4.78 is 14.9. The molecule has 8 heteroatoms. The lowest BCUT2D eigenvalue weighted by atomic mass is 10.0. The quantitative estimate of drug-likeness (QED) is 0.173. The van der Waals surface area contributed by atoms with Gasteiger partial charge in [-0.1, -0.05) is 109 Å². The lowest BCUT2D eigenvalue weighted by molar-refractivity contribution is 0.668. The van der Waals surface area contributed by atoms with E-state index < -0.39 is 0 Å². The van der Waals surface area contributed by atoms with Gasteiger partial charge in [-0.05, 0) is 54.6 Å². The molecule has 7 aromatic carbocycles. The molecule has 0 spiro atoms. The van der Waals surface area contributed by atoms with Crippen molar-refractivity contribution in [2.45, 2.75) is 0 Å². The highest BCUT2D eigenvalue weighted by molar-refractivity contribution is 7.26. The van der Waals surface area contributed by atoms with Gasteiger partial charge in [-0.2, -0.15) is 0 Å². The second-order valence-electron chi connectivity index (χ2n) is 14.0. The van der Waals surface area contributed by atoms with Crippen molar-refractivity contribution in [3.63, 3.8) is 0 Å². The number of furan rings is 2. The largest absolute Gasteiger partial charge is 0.456 e. The molecule has 0 radical (unpaired) electrons. The van der Waals surface area contributed by atoms with Crippen molar-refractivity contribution >= 4 is 75.5 Å². The summed E-state index contributed by atoms with van der Waals surface area (Å²) in [6, 6.07) is 55.2. The number of hydrogen-bond acceptors (Lipinski definition) is 8. The number of rotatable bonds is 5. The highest BCUT2D eigenvalue weighted by Gasteiger charge is 2.21. The molecule has 0 aliphatic carbocycles. The van der Waals surface area contributed by atoms with Crippen molar-refractivity contribution in [2.75, 3.05) is 0 Å². The summed E-state index contributed by atoms with van der Waals surface area (Å²) in [6.07, 6.45) is 0. The van der Waals surface area contributed by atoms with Gasteiger partial charge in [0.25, 0.3) is 0 Å². The average Bonchev–Trinajstić information content (AvgIpc) is 3.97. The molecule has 266 valence electrons. The Kier molecular flexibility index (Phi) is 6.96. The van der Waals surface area contributed by atoms with Gasteiger partial charge in [-0.3, -0.25) is 0 Å². The van der Waals surface area contributed by atoms with Crippen LogP contribution in [-0.4, -0.2) is 24.9 Å². The van der Waals surface area contributed by atoms with E-state index in [-0.39, 0.29) is 0 Å². The molecule has 0 aliphatic heterocycles. The molecule has 57 heavy (non-hydrogen) atoms. The molecule has 0 N–H and O–H groups in total. The second-order valence-corrected chi connectivity index (χ2v) is 15.1. The van der Waals surface area contributed by atoms with Crippen LogP contribution in [0.25, 0.3) is 121 Å². The Hall–Kier alpha value is -7.55. The zero-order valence-electron chi connectivity index (χ0n) is 30.0. The minimum absolute atomic E-state index is 0.554. The van der Waals surface area contributed by atoms with Crippen LogP contribution in [0.4, 0.5) is 0 Å². The maximum atomic E-state index is 6.50. The summed E-state index contributed by atoms with van der Waals surface area (Å²) in [7, 11) is 0. The summed E-state index contributed by atoms with van der Waals surface area (Å²) in [5.41, 5.74) is 9.56. The lowest BCUT2D eigenvalue weighted by Crippen LogP contribution is -2.00. The number of hydrogen-bond donors (Lipinski definition) is 0. The minimum atomic E-state index is 0.554. The van der Waals surface area contributed by atoms with E-state index in [1.807, 2.05) is 91.0 Å². The number of benzene rings is 7. The Morgan fingerprint density at radius 1 is 0.368 bits per heavy atom. The topological polar surface area (TPSA) is 90.7 Å². The Labute approximate surface area is 328 Å². The SMILES string of the molecule is c1ccc(-c2nc(-c3ccc4oc5ccccc5c4c3)nc(-c3ccc4oc5cccc(-c6nc(-c7ccccc7)c7sc8ccccc8c7n6)c5c4c3)n2)cc1. The monoisotopic (exact) mass is 749 g/mol. The van der Waals surface area contributed by atoms with Crippen molar-refractivity contribution in [2.24, 2.45) is 0 Å². The lowest BCUT2D eigenvalue weighted by Gasteiger charge is -2.09. The molecule has 0 saturated carbocycles. The smallest absolute Gasteiger partial charge is 0.164 e. The molecule has 0 aliphatic rings. The van der Waals surface area contributed by atoms with Gasteiger partial charge in [0.15, 0.2) is 23.3 Å². The van der Waals surface area contributed by atoms with Gasteiger partial charge in [0.1, 0.15) is 22.3 Å². The first-order valence-electron chi connectivity index (χ1n) is 18.7. The van der Waals surface area contributed by atoms with Crippen LogP contribution in [0, 0.1) is 0 Å². The predicted octanol–water partition coefficient (Wildman–Crippen LogP) is 13.2. The van der Waals surface area contributed by atoms with Crippen LogP contribution in [0.5, 0.6) is 0 Å². The van der Waals surface area contributed by atoms with Gasteiger partial charge >= 0.3 is 0 Å². The van der Waals surface area contributed by atoms with E-state index in [4.69, 9.17) is 33.8 Å². The van der Waals surface area contributed by atoms with Crippen LogP contribution >= 0.6 is 11.3 Å². The van der Waals surface area contributed by atoms with E-state index in [1.165, 1.54) is 4.70 Å². The van der Waals surface area contributed by atoms with E-state index in [1.54, 1.807) is 11.3 Å². The number of fused-ring (bicyclic) bond motifs is 9. The summed E-state index contributed by atoms with van der Waals surface area (Å²) in [4.78, 5) is 25.8. The summed E-state index contributed by atoms with van der Waals surface area (Å²) in [6.45, 7) is 0. The van der Waals surface area contributed by atoms with Gasteiger partial charge < -0.3 is 8.83 Å². The van der Waals surface area contributed by atoms with Crippen molar-refractivity contribution in [3.8, 4) is 56.8 Å². The molecule has 0 atom stereocenters. The maximum absolute atomic E-state index is 6.50. The van der Waals surface area contributed by atoms with Crippen LogP contribution in [0.1, 0.15) is 0 Å². The summed E-state index contributed by atoms with van der Waals surface area (Å²) >= 11 is 1.73. The van der Waals surface area contributed by atoms with E-state index in [2.05, 4.69) is 72.8 Å². The number of para-hydroxylation sites is 1. The summed E-state index contributed by atoms with van der Waals surface area (Å²) in [5.74, 6) is 2.35. The van der Waals surface area contributed by atoms with Crippen LogP contribution in [0.15, 0.2) is 173 Å². The first-order chi connectivity index (χ1) is 28.2. The van der Waals surface area contributed by atoms with E-state index in [0.717, 1.165) is 93.0 Å². The van der Waals surface area contributed by atoms with Crippen LogP contribution < -0.4 is 0 Å². The van der Waals surface area contributed by atoms with Gasteiger partial charge in [-0.15, -0.1) is 11.3 Å². The zero-order valence-corrected chi connectivity index (χ0v) is 30.9. The Balaban J connectivity index is 1.06. The zero-order chi connectivity index (χ0) is 37.5. The molecule has 12 aromatic rings. The molecule has 5 heterocycles. The van der Waals surface area contributed by atoms with Crippen molar-refractivity contribution in [1.82, 2.24) is 24.9 Å². The highest BCUT2D eigenvalue weighted by Crippen LogP contribution is 2.42. The molecule has 0 bridgehead atoms. The average molecular weight is 750 g/mol. The van der Waals surface area contributed by atoms with E-state index >= 15 is 0 Å². The van der Waals surface area contributed by atoms with Gasteiger partial charge in [0.05, 0.1) is 15.9 Å². The number of nitrogens with zero attached hydrogens (tertiary/aromatic N) is 5. The standard InChI is InChI=1S/C49H27N5O2S/c1-3-12-28(13-4-1)43-45-44(33-17-8-10-21-41(33)57-45)51-49(50-43)34-18-11-20-40-42(34)36-27-31(23-25-39(36)56-40)48-53-46(29-14-5-2-6-15-29)52-47(54-48)30-22-24-38-35(26-30)32-16-7-9-19-37(32)55-38/h1-27H. The number of aromatic nitrogens is 5. The molecular weight excluding hydrogens is 723 g/mol. The third-order valence-electron chi connectivity index (χ3n) is 10.6. The summed E-state index contributed by atoms with van der Waals surface area (Å²) in [5, 5.41) is 5.03. The molecule has 5 aromatic heterocycles. The van der Waals surface area contributed by atoms with Gasteiger partial charge in [-0.25, -0.2) is 24.9 Å². The second kappa shape index (κ2) is 12.5. The molecule has 0 amide bonds. The third-order valence-corrected chi connectivity index (χ3v) is 11.7. The maximum Gasteiger partial charge on any atom is 0.164 e. The van der Waals surface area contributed by atoms with E-state index in [9.17, 15) is 0 Å². The fourth-order valence-corrected chi connectivity index (χ4v) is 9.02. The van der Waals surface area contributed by atoms with E-state index in [0.29, 0.717) is 23.3 Å². The third kappa shape index (κ3) is 5.15. The van der Waals surface area contributed by atoms with Crippen molar-refractivity contribution < 1.29 is 8.83 Å². The number of thiophene rings is 1. The molecule has 7 nitrogen and oxygen atoms in total. The Morgan fingerprint density at radius 3 is 1.72 bits per heavy atom. The van der Waals surface area contributed by atoms with Gasteiger partial charge in [0.2, 0.25) is 0 Å². The molecular formula is C49H27N5O2S. The van der Waals surface area contributed by atoms with Crippen LogP contribution in [-0.2, 0) is 0 Å². The van der Waals surface area contributed by atoms with Gasteiger partial charge in [0, 0.05) is 59.4 Å². The normalized spacial score (nSPS) is 11.9. The molecule has 0 fully saturated rings. The van der Waals surface area contributed by atoms with Crippen molar-refractivity contribution in [3.05, 3.63) is 164 Å².